The first-order valence-electron chi connectivity index (χ1n) is 4.42. The number of phenols is 1. The van der Waals surface area contributed by atoms with Crippen LogP contribution >= 0.6 is 12.4 Å². The number of carboxylic acids is 1. The van der Waals surface area contributed by atoms with Crippen LogP contribution in [0.4, 0.5) is 0 Å². The average Bonchev–Trinajstić information content (AvgIpc) is 2.20. The Labute approximate surface area is 99.8 Å². The molecule has 0 aliphatic rings. The zero-order chi connectivity index (χ0) is 11.6. The predicted octanol–water partition coefficient (Wildman–Crippen LogP) is 2.01. The zero-order valence-corrected chi connectivity index (χ0v) is 9.62. The number of aryl methyl sites for hydroxylation is 1. The van der Waals surface area contributed by atoms with Crippen LogP contribution in [0.25, 0.3) is 0 Å². The molecule has 4 N–H and O–H groups in total. The largest absolute Gasteiger partial charge is 0.507 e. The summed E-state index contributed by atoms with van der Waals surface area (Å²) in [6.45, 7) is 5.12. The van der Waals surface area contributed by atoms with Crippen LogP contribution in [-0.4, -0.2) is 16.2 Å². The van der Waals surface area contributed by atoms with Gasteiger partial charge in [0.25, 0.3) is 0 Å². The van der Waals surface area contributed by atoms with Crippen molar-refractivity contribution >= 4 is 18.4 Å². The van der Waals surface area contributed by atoms with Crippen molar-refractivity contribution in [1.82, 2.24) is 0 Å². The van der Waals surface area contributed by atoms with Crippen LogP contribution in [0.1, 0.15) is 27.5 Å². The summed E-state index contributed by atoms with van der Waals surface area (Å²) in [7, 11) is 0. The number of nitrogens with two attached hydrogens (primary N) is 1. The van der Waals surface area contributed by atoms with E-state index in [9.17, 15) is 9.90 Å². The molecule has 16 heavy (non-hydrogen) atoms. The van der Waals surface area contributed by atoms with Gasteiger partial charge in [-0.2, -0.15) is 0 Å². The maximum atomic E-state index is 10.8. The third-order valence-corrected chi connectivity index (χ3v) is 2.19. The highest BCUT2D eigenvalue weighted by Gasteiger charge is 2.14. The maximum absolute atomic E-state index is 10.8. The van der Waals surface area contributed by atoms with E-state index in [2.05, 4.69) is 6.58 Å². The molecule has 0 radical (unpaired) electrons. The maximum Gasteiger partial charge on any atom is 0.335 e. The summed E-state index contributed by atoms with van der Waals surface area (Å²) in [5, 5.41) is 18.5. The van der Waals surface area contributed by atoms with Gasteiger partial charge in [0.1, 0.15) is 5.75 Å². The second kappa shape index (κ2) is 5.53. The molecule has 88 valence electrons. The van der Waals surface area contributed by atoms with Crippen LogP contribution in [0.15, 0.2) is 24.8 Å². The van der Waals surface area contributed by atoms with E-state index < -0.39 is 12.0 Å². The molecule has 1 aromatic rings. The lowest BCUT2D eigenvalue weighted by Gasteiger charge is -2.12. The van der Waals surface area contributed by atoms with Gasteiger partial charge in [0.15, 0.2) is 0 Å². The van der Waals surface area contributed by atoms with Gasteiger partial charge < -0.3 is 15.9 Å². The third-order valence-electron chi connectivity index (χ3n) is 2.19. The highest BCUT2D eigenvalue weighted by Crippen LogP contribution is 2.28. The van der Waals surface area contributed by atoms with Gasteiger partial charge >= 0.3 is 5.97 Å². The fraction of sp³-hybridized carbons (Fsp3) is 0.182. The topological polar surface area (TPSA) is 83.6 Å². The summed E-state index contributed by atoms with van der Waals surface area (Å²) in [4.78, 5) is 10.8. The lowest BCUT2D eigenvalue weighted by atomic mass is 9.99. The molecule has 1 aromatic carbocycles. The number of phenolic OH excluding ortho intramolecular Hbond substituents is 1. The summed E-state index contributed by atoms with van der Waals surface area (Å²) < 4.78 is 0. The smallest absolute Gasteiger partial charge is 0.335 e. The van der Waals surface area contributed by atoms with Gasteiger partial charge in [-0.3, -0.25) is 0 Å². The minimum Gasteiger partial charge on any atom is -0.507 e. The van der Waals surface area contributed by atoms with E-state index in [1.165, 1.54) is 18.2 Å². The lowest BCUT2D eigenvalue weighted by molar-refractivity contribution is 0.0696. The minimum absolute atomic E-state index is 0. The number of hydrogen-bond donors (Lipinski definition) is 3. The third kappa shape index (κ3) is 2.74. The minimum atomic E-state index is -1.05. The molecular formula is C11H14ClNO3. The van der Waals surface area contributed by atoms with E-state index in [0.717, 1.165) is 0 Å². The summed E-state index contributed by atoms with van der Waals surface area (Å²) in [5.41, 5.74) is 6.64. The first-order valence-corrected chi connectivity index (χ1v) is 4.42. The molecule has 0 saturated carbocycles. The number of rotatable bonds is 3. The molecular weight excluding hydrogens is 230 g/mol. The number of hydrogen-bond acceptors (Lipinski definition) is 3. The van der Waals surface area contributed by atoms with Crippen molar-refractivity contribution in [1.29, 1.82) is 0 Å². The normalized spacial score (nSPS) is 11.4. The van der Waals surface area contributed by atoms with Crippen molar-refractivity contribution in [2.75, 3.05) is 0 Å². The van der Waals surface area contributed by atoms with Gasteiger partial charge in [0.05, 0.1) is 11.6 Å². The summed E-state index contributed by atoms with van der Waals surface area (Å²) in [5.74, 6) is -1.02. The van der Waals surface area contributed by atoms with Crippen molar-refractivity contribution in [2.45, 2.75) is 13.0 Å². The number of carbonyl (C=O) groups is 1. The van der Waals surface area contributed by atoms with Crippen LogP contribution in [0.5, 0.6) is 5.75 Å². The van der Waals surface area contributed by atoms with Gasteiger partial charge in [-0.25, -0.2) is 4.79 Å². The molecule has 1 atom stereocenters. The molecule has 0 aromatic heterocycles. The molecule has 0 saturated heterocycles. The Hall–Kier alpha value is -1.52. The zero-order valence-electron chi connectivity index (χ0n) is 8.80. The first kappa shape index (κ1) is 14.5. The standard InChI is InChI=1S/C11H13NO3.ClH/c1-3-9(12)8-5-7(11(14)15)4-6(2)10(8)13;/h3-5,9,13H,1,12H2,2H3,(H,14,15);1H/t9-;/m0./s1. The van der Waals surface area contributed by atoms with E-state index in [-0.39, 0.29) is 23.7 Å². The molecule has 0 spiro atoms. The van der Waals surface area contributed by atoms with Gasteiger partial charge in [-0.05, 0) is 24.6 Å². The monoisotopic (exact) mass is 243 g/mol. The molecule has 1 rings (SSSR count). The Balaban J connectivity index is 0.00000225. The Morgan fingerprint density at radius 3 is 2.56 bits per heavy atom. The summed E-state index contributed by atoms with van der Waals surface area (Å²) >= 11 is 0. The van der Waals surface area contributed by atoms with Crippen molar-refractivity contribution in [3.8, 4) is 5.75 Å². The van der Waals surface area contributed by atoms with Crippen molar-refractivity contribution < 1.29 is 15.0 Å². The van der Waals surface area contributed by atoms with Crippen molar-refractivity contribution in [2.24, 2.45) is 5.73 Å². The van der Waals surface area contributed by atoms with E-state index >= 15 is 0 Å². The fourth-order valence-corrected chi connectivity index (χ4v) is 1.31. The predicted molar refractivity (Wildman–Crippen MR) is 64.2 cm³/mol. The molecule has 0 heterocycles. The number of aromatic hydroxyl groups is 1. The van der Waals surface area contributed by atoms with Crippen molar-refractivity contribution in [3.63, 3.8) is 0 Å². The SMILES string of the molecule is C=C[C@H](N)c1cc(C(=O)O)cc(C)c1O.Cl. The van der Waals surface area contributed by atoms with Crippen LogP contribution in [0, 0.1) is 6.92 Å². The number of benzene rings is 1. The average molecular weight is 244 g/mol. The van der Waals surface area contributed by atoms with Gasteiger partial charge in [0.2, 0.25) is 0 Å². The Kier molecular flexibility index (Phi) is 5.01. The van der Waals surface area contributed by atoms with Gasteiger partial charge in [0, 0.05) is 5.56 Å². The molecule has 0 amide bonds. The van der Waals surface area contributed by atoms with Crippen molar-refractivity contribution in [3.05, 3.63) is 41.5 Å². The quantitative estimate of drug-likeness (QED) is 0.709. The van der Waals surface area contributed by atoms with E-state index in [0.29, 0.717) is 11.1 Å². The molecule has 5 heteroatoms. The van der Waals surface area contributed by atoms with E-state index in [1.807, 2.05) is 0 Å². The molecule has 0 unspecified atom stereocenters. The second-order valence-electron chi connectivity index (χ2n) is 3.30. The highest BCUT2D eigenvalue weighted by molar-refractivity contribution is 5.88. The van der Waals surface area contributed by atoms with E-state index in [1.54, 1.807) is 6.92 Å². The fourth-order valence-electron chi connectivity index (χ4n) is 1.31. The molecule has 0 bridgehead atoms. The summed E-state index contributed by atoms with van der Waals surface area (Å²) in [6, 6.07) is 2.19. The van der Waals surface area contributed by atoms with Gasteiger partial charge in [-0.1, -0.05) is 6.08 Å². The Bertz CT molecular complexity index is 418. The lowest BCUT2D eigenvalue weighted by Crippen LogP contribution is -2.09. The Morgan fingerprint density at radius 2 is 2.12 bits per heavy atom. The van der Waals surface area contributed by atoms with E-state index in [4.69, 9.17) is 10.8 Å². The van der Waals surface area contributed by atoms with Gasteiger partial charge in [-0.15, -0.1) is 19.0 Å². The first-order chi connectivity index (χ1) is 6.97. The molecule has 0 fully saturated rings. The van der Waals surface area contributed by atoms with Crippen LogP contribution < -0.4 is 5.73 Å². The van der Waals surface area contributed by atoms with Crippen LogP contribution in [-0.2, 0) is 0 Å². The second-order valence-corrected chi connectivity index (χ2v) is 3.30. The number of carboxylic acid groups (broad SMARTS) is 1. The number of aromatic carboxylic acids is 1. The highest BCUT2D eigenvalue weighted by atomic mass is 35.5. The summed E-state index contributed by atoms with van der Waals surface area (Å²) in [6.07, 6.45) is 1.44. The number of halogens is 1. The van der Waals surface area contributed by atoms with Crippen LogP contribution in [0.2, 0.25) is 0 Å². The molecule has 0 aliphatic carbocycles. The molecule has 0 aliphatic heterocycles. The Morgan fingerprint density at radius 1 is 1.56 bits per heavy atom. The molecule has 4 nitrogen and oxygen atoms in total. The van der Waals surface area contributed by atoms with Crippen LogP contribution in [0.3, 0.4) is 0 Å².